The summed E-state index contributed by atoms with van der Waals surface area (Å²) in [5, 5.41) is 0. The van der Waals surface area contributed by atoms with Gasteiger partial charge in [-0.3, -0.25) is 0 Å². The smallest absolute Gasteiger partial charge is 0.227 e. The summed E-state index contributed by atoms with van der Waals surface area (Å²) in [6.45, 7) is 7.91. The second kappa shape index (κ2) is 3.14. The van der Waals surface area contributed by atoms with Crippen molar-refractivity contribution in [2.75, 3.05) is 6.61 Å². The molecule has 1 heterocycles. The first-order valence-corrected chi connectivity index (χ1v) is 3.13. The second-order valence-electron chi connectivity index (χ2n) is 2.39. The molecule has 1 atom stereocenters. The van der Waals surface area contributed by atoms with Crippen LogP contribution in [0.25, 0.3) is 0 Å². The lowest BCUT2D eigenvalue weighted by molar-refractivity contribution is -0.468. The Morgan fingerprint density at radius 3 is 2.80 bits per heavy atom. The predicted octanol–water partition coefficient (Wildman–Crippen LogP) is 1.42. The highest BCUT2D eigenvalue weighted by atomic mass is 17.3. The summed E-state index contributed by atoms with van der Waals surface area (Å²) in [5.41, 5.74) is 0.975. The van der Waals surface area contributed by atoms with Crippen molar-refractivity contribution in [3.63, 3.8) is 0 Å². The topological polar surface area (TPSA) is 27.7 Å². The minimum absolute atomic E-state index is 0.281. The van der Waals surface area contributed by atoms with Gasteiger partial charge in [0, 0.05) is 0 Å². The molecule has 0 aromatic carbocycles. The molecule has 0 amide bonds. The molecule has 0 saturated carbocycles. The lowest BCUT2D eigenvalue weighted by Gasteiger charge is -2.30. The lowest BCUT2D eigenvalue weighted by Crippen LogP contribution is -2.36. The van der Waals surface area contributed by atoms with Gasteiger partial charge in [0.1, 0.15) is 0 Å². The summed E-state index contributed by atoms with van der Waals surface area (Å²) in [7, 11) is 0. The summed E-state index contributed by atoms with van der Waals surface area (Å²) in [6, 6.07) is 0. The highest BCUT2D eigenvalue weighted by Gasteiger charge is 2.32. The first kappa shape index (κ1) is 7.72. The molecule has 1 fully saturated rings. The Morgan fingerprint density at radius 1 is 1.80 bits per heavy atom. The van der Waals surface area contributed by atoms with E-state index in [-0.39, 0.29) is 6.29 Å². The van der Waals surface area contributed by atoms with E-state index in [4.69, 9.17) is 4.74 Å². The van der Waals surface area contributed by atoms with Crippen molar-refractivity contribution in [1.82, 2.24) is 0 Å². The molecule has 0 aromatic heterocycles. The Labute approximate surface area is 60.5 Å². The Bertz CT molecular complexity index is 133. The van der Waals surface area contributed by atoms with Gasteiger partial charge >= 0.3 is 0 Å². The van der Waals surface area contributed by atoms with Gasteiger partial charge in [0.2, 0.25) is 6.29 Å². The summed E-state index contributed by atoms with van der Waals surface area (Å²) in [4.78, 5) is 9.13. The molecule has 0 N–H and O–H groups in total. The minimum atomic E-state index is -0.281. The molecule has 1 radical (unpaired) electrons. The van der Waals surface area contributed by atoms with Gasteiger partial charge in [-0.25, -0.2) is 9.78 Å². The molecule has 0 aliphatic carbocycles. The molecule has 1 aliphatic rings. The van der Waals surface area contributed by atoms with E-state index in [9.17, 15) is 0 Å². The maximum Gasteiger partial charge on any atom is 0.227 e. The fraction of sp³-hybridized carbons (Fsp3) is 0.571. The molecular formula is C7H11O3. The molecule has 1 saturated heterocycles. The maximum atomic E-state index is 5.17. The number of ether oxygens (including phenoxy) is 1. The predicted molar refractivity (Wildman–Crippen MR) is 35.6 cm³/mol. The highest BCUT2D eigenvalue weighted by molar-refractivity contribution is 4.89. The molecule has 1 rings (SSSR count). The normalized spacial score (nSPS) is 26.0. The maximum absolute atomic E-state index is 5.17. The van der Waals surface area contributed by atoms with Crippen LogP contribution in [0.4, 0.5) is 0 Å². The van der Waals surface area contributed by atoms with E-state index in [1.807, 2.05) is 13.8 Å². The zero-order valence-corrected chi connectivity index (χ0v) is 6.22. The van der Waals surface area contributed by atoms with Crippen LogP contribution in [0.5, 0.6) is 0 Å². The third kappa shape index (κ3) is 1.80. The Hall–Kier alpha value is -0.380. The van der Waals surface area contributed by atoms with Gasteiger partial charge in [-0.05, 0) is 13.8 Å². The van der Waals surface area contributed by atoms with Crippen LogP contribution in [-0.4, -0.2) is 12.9 Å². The van der Waals surface area contributed by atoms with Gasteiger partial charge in [-0.2, -0.15) is 0 Å². The van der Waals surface area contributed by atoms with Crippen molar-refractivity contribution in [2.24, 2.45) is 0 Å². The zero-order chi connectivity index (χ0) is 7.56. The summed E-state index contributed by atoms with van der Waals surface area (Å²) in [6.07, 6.45) is 0.484. The molecular weight excluding hydrogens is 132 g/mol. The zero-order valence-electron chi connectivity index (χ0n) is 6.22. The van der Waals surface area contributed by atoms with Crippen LogP contribution in [-0.2, 0) is 14.5 Å². The van der Waals surface area contributed by atoms with E-state index in [2.05, 4.69) is 16.4 Å². The van der Waals surface area contributed by atoms with Gasteiger partial charge in [-0.1, -0.05) is 12.2 Å². The quantitative estimate of drug-likeness (QED) is 0.441. The van der Waals surface area contributed by atoms with E-state index in [0.29, 0.717) is 6.61 Å². The van der Waals surface area contributed by atoms with Crippen LogP contribution in [0.2, 0.25) is 0 Å². The molecule has 1 aliphatic heterocycles. The third-order valence-electron chi connectivity index (χ3n) is 1.08. The number of rotatable bonds is 3. The average molecular weight is 143 g/mol. The van der Waals surface area contributed by atoms with Gasteiger partial charge in [0.05, 0.1) is 6.61 Å². The molecule has 0 spiro atoms. The number of hydrogen-bond acceptors (Lipinski definition) is 3. The van der Waals surface area contributed by atoms with Crippen molar-refractivity contribution in [3.05, 3.63) is 18.3 Å². The first-order valence-electron chi connectivity index (χ1n) is 3.13. The van der Waals surface area contributed by atoms with E-state index >= 15 is 0 Å². The molecule has 0 aromatic rings. The molecule has 1 unspecified atom stereocenters. The minimum Gasteiger partial charge on any atom is -0.343 e. The summed E-state index contributed by atoms with van der Waals surface area (Å²) < 4.78 is 5.17. The van der Waals surface area contributed by atoms with Crippen molar-refractivity contribution < 1.29 is 14.5 Å². The van der Waals surface area contributed by atoms with Crippen molar-refractivity contribution in [1.29, 1.82) is 0 Å². The SMILES string of the molecule is C=C(C)COC1OO[C]1C. The van der Waals surface area contributed by atoms with E-state index in [1.54, 1.807) is 0 Å². The largest absolute Gasteiger partial charge is 0.343 e. The van der Waals surface area contributed by atoms with E-state index in [1.165, 1.54) is 0 Å². The molecule has 3 nitrogen and oxygen atoms in total. The Balaban J connectivity index is 2.08. The van der Waals surface area contributed by atoms with Crippen molar-refractivity contribution >= 4 is 0 Å². The van der Waals surface area contributed by atoms with Crippen LogP contribution < -0.4 is 0 Å². The van der Waals surface area contributed by atoms with Crippen LogP contribution in [0.1, 0.15) is 13.8 Å². The van der Waals surface area contributed by atoms with Crippen molar-refractivity contribution in [3.8, 4) is 0 Å². The average Bonchev–Trinajstić information content (AvgIpc) is 1.84. The third-order valence-corrected chi connectivity index (χ3v) is 1.08. The van der Waals surface area contributed by atoms with Crippen molar-refractivity contribution in [2.45, 2.75) is 20.1 Å². The van der Waals surface area contributed by atoms with Gasteiger partial charge in [0.15, 0.2) is 6.10 Å². The van der Waals surface area contributed by atoms with Gasteiger partial charge in [0.25, 0.3) is 0 Å². The first-order chi connectivity index (χ1) is 4.70. The van der Waals surface area contributed by atoms with E-state index < -0.39 is 0 Å². The van der Waals surface area contributed by atoms with Gasteiger partial charge in [-0.15, -0.1) is 0 Å². The second-order valence-corrected chi connectivity index (χ2v) is 2.39. The standard InChI is InChI=1S/C7H11O3/c1-5(2)4-8-7-6(3)9-10-7/h7H,1,4H2,2-3H3. The number of hydrogen-bond donors (Lipinski definition) is 0. The lowest BCUT2D eigenvalue weighted by atomic mass is 10.3. The summed E-state index contributed by atoms with van der Waals surface area (Å²) >= 11 is 0. The Kier molecular flexibility index (Phi) is 2.43. The van der Waals surface area contributed by atoms with E-state index in [0.717, 1.165) is 11.7 Å². The van der Waals surface area contributed by atoms with Crippen LogP contribution in [0.3, 0.4) is 0 Å². The monoisotopic (exact) mass is 143 g/mol. The van der Waals surface area contributed by atoms with Crippen LogP contribution in [0.15, 0.2) is 12.2 Å². The van der Waals surface area contributed by atoms with Crippen LogP contribution in [0, 0.1) is 6.10 Å². The fourth-order valence-corrected chi connectivity index (χ4v) is 0.547. The molecule has 10 heavy (non-hydrogen) atoms. The molecule has 57 valence electrons. The molecule has 0 bridgehead atoms. The summed E-state index contributed by atoms with van der Waals surface area (Å²) in [5.74, 6) is 0. The van der Waals surface area contributed by atoms with Crippen LogP contribution >= 0.6 is 0 Å². The molecule has 3 heteroatoms. The Morgan fingerprint density at radius 2 is 2.50 bits per heavy atom. The highest BCUT2D eigenvalue weighted by Crippen LogP contribution is 2.24. The fourth-order valence-electron chi connectivity index (χ4n) is 0.547. The van der Waals surface area contributed by atoms with Gasteiger partial charge < -0.3 is 4.74 Å².